The van der Waals surface area contributed by atoms with Crippen LogP contribution in [0.25, 0.3) is 0 Å². The quantitative estimate of drug-likeness (QED) is 0.457. The van der Waals surface area contributed by atoms with Crippen LogP contribution < -0.4 is 37.2 Å². The van der Waals surface area contributed by atoms with Crippen molar-refractivity contribution in [3.8, 4) is 0 Å². The molecule has 0 amide bonds. The molecule has 0 spiro atoms. The van der Waals surface area contributed by atoms with Gasteiger partial charge >= 0.3 is 18.6 Å². The van der Waals surface area contributed by atoms with Crippen molar-refractivity contribution < 1.29 is 55.8 Å². The first kappa shape index (κ1) is 25.0. The summed E-state index contributed by atoms with van der Waals surface area (Å²) in [4.78, 5) is 0. The molecule has 0 bridgehead atoms. The Labute approximate surface area is 124 Å². The molecule has 1 aliphatic rings. The van der Waals surface area contributed by atoms with E-state index in [-0.39, 0.29) is 55.8 Å². The molecule has 0 saturated carbocycles. The zero-order valence-electron chi connectivity index (χ0n) is 9.41. The summed E-state index contributed by atoms with van der Waals surface area (Å²) in [7, 11) is 0. The molecule has 1 aliphatic carbocycles. The molecule has 0 aliphatic heterocycles. The molecule has 1 radical (unpaired) electrons. The molecule has 0 aromatic rings. The summed E-state index contributed by atoms with van der Waals surface area (Å²) < 4.78 is 0. The van der Waals surface area contributed by atoms with Crippen LogP contribution in [0, 0.1) is 6.08 Å². The molecule has 0 N–H and O–H groups in total. The minimum Gasteiger partial charge on any atom is -1.00 e. The second kappa shape index (κ2) is 13.0. The van der Waals surface area contributed by atoms with Gasteiger partial charge in [-0.3, -0.25) is 6.08 Å². The van der Waals surface area contributed by atoms with Gasteiger partial charge in [-0.1, -0.05) is 40.0 Å². The molecule has 0 aromatic carbocycles. The van der Waals surface area contributed by atoms with E-state index in [9.17, 15) is 0 Å². The van der Waals surface area contributed by atoms with Crippen molar-refractivity contribution in [2.75, 3.05) is 0 Å². The minimum absolute atomic E-state index is 0. The third kappa shape index (κ3) is 6.29. The van der Waals surface area contributed by atoms with Crippen LogP contribution in [0.3, 0.4) is 0 Å². The van der Waals surface area contributed by atoms with E-state index in [1.807, 2.05) is 0 Å². The maximum atomic E-state index is 3.45. The van der Waals surface area contributed by atoms with Crippen LogP contribution in [0.2, 0.25) is 0 Å². The maximum Gasteiger partial charge on any atom is 4.00 e. The molecule has 0 atom stereocenters. The summed E-state index contributed by atoms with van der Waals surface area (Å²) in [5.41, 5.74) is 4.68. The summed E-state index contributed by atoms with van der Waals surface area (Å²) in [6.07, 6.45) is 8.11. The molecule has 0 fully saturated rings. The summed E-state index contributed by atoms with van der Waals surface area (Å²) in [5, 5.41) is 0. The Morgan fingerprint density at radius 1 is 0.933 bits per heavy atom. The van der Waals surface area contributed by atoms with Gasteiger partial charge in [0.25, 0.3) is 0 Å². The maximum absolute atomic E-state index is 3.45. The first-order chi connectivity index (χ1) is 5.33. The molecule has 0 aromatic heterocycles. The fourth-order valence-corrected chi connectivity index (χ4v) is 1.78. The Kier molecular flexibility index (Phi) is 21.6. The molecule has 0 heterocycles. The van der Waals surface area contributed by atoms with Crippen molar-refractivity contribution in [2.45, 2.75) is 46.5 Å². The fraction of sp³-hybridized carbons (Fsp3) is 0.636. The number of halogens is 3. The summed E-state index contributed by atoms with van der Waals surface area (Å²) >= 11 is 0. The van der Waals surface area contributed by atoms with Crippen molar-refractivity contribution in [1.29, 1.82) is 0 Å². The predicted molar refractivity (Wildman–Crippen MR) is 49.3 cm³/mol. The number of allylic oxidation sites excluding steroid dienone is 4. The van der Waals surface area contributed by atoms with Crippen molar-refractivity contribution >= 4 is 0 Å². The second-order valence-electron chi connectivity index (χ2n) is 2.97. The standard InChI is InChI=1S/C11H17.3ClH.V/c1-4-9-7-8-10(5-2)11(9)6-3;;;;/h4-7H2,1-3H3;3*1H;/q-1;;;;+4/p-3. The van der Waals surface area contributed by atoms with E-state index in [0.717, 1.165) is 12.8 Å². The van der Waals surface area contributed by atoms with Gasteiger partial charge in [-0.25, -0.2) is 5.57 Å². The van der Waals surface area contributed by atoms with E-state index in [2.05, 4.69) is 26.8 Å². The molecule has 0 nitrogen and oxygen atoms in total. The van der Waals surface area contributed by atoms with Gasteiger partial charge in [0.2, 0.25) is 0 Å². The zero-order valence-corrected chi connectivity index (χ0v) is 13.1. The molecule has 0 saturated heterocycles. The molecular weight excluding hydrogens is 289 g/mol. The van der Waals surface area contributed by atoms with E-state index in [1.165, 1.54) is 18.4 Å². The van der Waals surface area contributed by atoms with E-state index in [0.29, 0.717) is 0 Å². The van der Waals surface area contributed by atoms with Gasteiger partial charge in [-0.15, -0.1) is 6.42 Å². The van der Waals surface area contributed by atoms with Gasteiger partial charge in [-0.2, -0.15) is 11.1 Å². The SMILES string of the molecule is CCC1=[C-]CC(CC)=C1CC.[Cl-].[Cl-].[Cl-].[V+4]. The monoisotopic (exact) mass is 305 g/mol. The topological polar surface area (TPSA) is 0 Å². The fourth-order valence-electron chi connectivity index (χ4n) is 1.78. The molecule has 87 valence electrons. The number of rotatable bonds is 3. The van der Waals surface area contributed by atoms with Crippen molar-refractivity contribution in [1.82, 2.24) is 0 Å². The largest absolute Gasteiger partial charge is 4.00 e. The molecular formula is C11H17Cl3V. The third-order valence-electron chi connectivity index (χ3n) is 2.44. The van der Waals surface area contributed by atoms with E-state index in [4.69, 9.17) is 0 Å². The number of hydrogen-bond donors (Lipinski definition) is 0. The molecule has 1 rings (SSSR count). The van der Waals surface area contributed by atoms with Crippen LogP contribution in [-0.2, 0) is 18.6 Å². The predicted octanol–water partition coefficient (Wildman–Crippen LogP) is -5.34. The Morgan fingerprint density at radius 3 is 1.80 bits per heavy atom. The van der Waals surface area contributed by atoms with E-state index < -0.39 is 0 Å². The summed E-state index contributed by atoms with van der Waals surface area (Å²) in [5.74, 6) is 0. The normalized spacial score (nSPS) is 12.9. The van der Waals surface area contributed by atoms with Gasteiger partial charge in [-0.05, 0) is 0 Å². The van der Waals surface area contributed by atoms with Crippen LogP contribution in [0.1, 0.15) is 46.5 Å². The smallest absolute Gasteiger partial charge is 1.00 e. The Hall–Kier alpha value is 0.934. The van der Waals surface area contributed by atoms with Crippen molar-refractivity contribution in [2.24, 2.45) is 0 Å². The minimum atomic E-state index is 0. The Morgan fingerprint density at radius 2 is 1.47 bits per heavy atom. The van der Waals surface area contributed by atoms with Crippen LogP contribution >= 0.6 is 0 Å². The van der Waals surface area contributed by atoms with Crippen LogP contribution in [-0.4, -0.2) is 0 Å². The number of hydrogen-bond acceptors (Lipinski definition) is 0. The third-order valence-corrected chi connectivity index (χ3v) is 2.44. The Balaban J connectivity index is -0.000000151. The molecule has 0 unspecified atom stereocenters. The van der Waals surface area contributed by atoms with Gasteiger partial charge < -0.3 is 37.2 Å². The van der Waals surface area contributed by atoms with Gasteiger partial charge in [0.05, 0.1) is 0 Å². The zero-order chi connectivity index (χ0) is 8.27. The van der Waals surface area contributed by atoms with Crippen LogP contribution in [0.4, 0.5) is 0 Å². The first-order valence-corrected chi connectivity index (χ1v) is 4.64. The van der Waals surface area contributed by atoms with Gasteiger partial charge in [0.15, 0.2) is 0 Å². The Bertz CT molecular complexity index is 210. The summed E-state index contributed by atoms with van der Waals surface area (Å²) in [6, 6.07) is 0. The first-order valence-electron chi connectivity index (χ1n) is 4.64. The average molecular weight is 307 g/mol. The molecule has 4 heteroatoms. The van der Waals surface area contributed by atoms with E-state index >= 15 is 0 Å². The second-order valence-corrected chi connectivity index (χ2v) is 2.97. The van der Waals surface area contributed by atoms with Crippen LogP contribution in [0.15, 0.2) is 16.7 Å². The summed E-state index contributed by atoms with van der Waals surface area (Å²) in [6.45, 7) is 6.70. The van der Waals surface area contributed by atoms with Gasteiger partial charge in [0, 0.05) is 0 Å². The van der Waals surface area contributed by atoms with Crippen LogP contribution in [0.5, 0.6) is 0 Å². The van der Waals surface area contributed by atoms with Crippen molar-refractivity contribution in [3.05, 3.63) is 22.8 Å². The van der Waals surface area contributed by atoms with Gasteiger partial charge in [0.1, 0.15) is 0 Å². The van der Waals surface area contributed by atoms with Crippen molar-refractivity contribution in [3.63, 3.8) is 0 Å². The molecule has 15 heavy (non-hydrogen) atoms. The average Bonchev–Trinajstić information content (AvgIpc) is 2.45. The van der Waals surface area contributed by atoms with E-state index in [1.54, 1.807) is 11.1 Å².